The van der Waals surface area contributed by atoms with Crippen molar-refractivity contribution < 1.29 is 10.2 Å². The van der Waals surface area contributed by atoms with Gasteiger partial charge < -0.3 is 15.5 Å². The van der Waals surface area contributed by atoms with Crippen molar-refractivity contribution in [3.8, 4) is 0 Å². The number of aliphatic hydroxyl groups is 2. The number of rotatable bonds is 6. The van der Waals surface area contributed by atoms with E-state index >= 15 is 0 Å². The molecule has 1 atom stereocenters. The SMILES string of the molecule is Cn1ccc(CCNC[C@H](O)CO)n1. The second-order valence-electron chi connectivity index (χ2n) is 3.27. The van der Waals surface area contributed by atoms with Crippen molar-refractivity contribution in [3.05, 3.63) is 18.0 Å². The van der Waals surface area contributed by atoms with Gasteiger partial charge >= 0.3 is 0 Å². The highest BCUT2D eigenvalue weighted by Crippen LogP contribution is 1.93. The summed E-state index contributed by atoms with van der Waals surface area (Å²) in [6.45, 7) is 0.980. The predicted octanol–water partition coefficient (Wildman–Crippen LogP) is -1.09. The van der Waals surface area contributed by atoms with Gasteiger partial charge in [-0.15, -0.1) is 0 Å². The minimum Gasteiger partial charge on any atom is -0.394 e. The zero-order valence-electron chi connectivity index (χ0n) is 8.35. The summed E-state index contributed by atoms with van der Waals surface area (Å²) in [4.78, 5) is 0. The van der Waals surface area contributed by atoms with Crippen LogP contribution in [-0.2, 0) is 13.5 Å². The molecular formula is C9H17N3O2. The van der Waals surface area contributed by atoms with Gasteiger partial charge in [0, 0.05) is 32.8 Å². The molecule has 0 aliphatic rings. The highest BCUT2D eigenvalue weighted by Gasteiger charge is 2.00. The quantitative estimate of drug-likeness (QED) is 0.509. The normalized spacial score (nSPS) is 13.1. The fourth-order valence-corrected chi connectivity index (χ4v) is 1.15. The molecule has 0 unspecified atom stereocenters. The number of aromatic nitrogens is 2. The minimum atomic E-state index is -0.668. The maximum absolute atomic E-state index is 9.03. The maximum Gasteiger partial charge on any atom is 0.0894 e. The lowest BCUT2D eigenvalue weighted by Crippen LogP contribution is -2.30. The largest absolute Gasteiger partial charge is 0.394 e. The summed E-state index contributed by atoms with van der Waals surface area (Å²) >= 11 is 0. The van der Waals surface area contributed by atoms with Crippen LogP contribution in [0.25, 0.3) is 0 Å². The highest BCUT2D eigenvalue weighted by atomic mass is 16.3. The molecule has 0 amide bonds. The second kappa shape index (κ2) is 5.74. The van der Waals surface area contributed by atoms with Gasteiger partial charge in [-0.05, 0) is 6.07 Å². The van der Waals surface area contributed by atoms with Crippen LogP contribution in [0.1, 0.15) is 5.69 Å². The van der Waals surface area contributed by atoms with Gasteiger partial charge in [-0.1, -0.05) is 0 Å². The van der Waals surface area contributed by atoms with E-state index < -0.39 is 6.10 Å². The Hall–Kier alpha value is -0.910. The standard InChI is InChI=1S/C9H17N3O2/c1-12-5-3-8(11-12)2-4-10-6-9(14)7-13/h3,5,9-10,13-14H,2,4,6-7H2,1H3/t9-/m0/s1. The van der Waals surface area contributed by atoms with Crippen molar-refractivity contribution in [1.82, 2.24) is 15.1 Å². The summed E-state index contributed by atoms with van der Waals surface area (Å²) in [6.07, 6.45) is 2.07. The van der Waals surface area contributed by atoms with Crippen LogP contribution in [0.5, 0.6) is 0 Å². The molecule has 0 radical (unpaired) electrons. The molecule has 0 fully saturated rings. The fraction of sp³-hybridized carbons (Fsp3) is 0.667. The van der Waals surface area contributed by atoms with Crippen molar-refractivity contribution in [1.29, 1.82) is 0 Å². The molecule has 3 N–H and O–H groups in total. The van der Waals surface area contributed by atoms with E-state index in [1.54, 1.807) is 4.68 Å². The lowest BCUT2D eigenvalue weighted by Gasteiger charge is -2.07. The Bertz CT molecular complexity index is 262. The number of hydrogen-bond donors (Lipinski definition) is 3. The number of aliphatic hydroxyl groups excluding tert-OH is 2. The third-order valence-corrected chi connectivity index (χ3v) is 1.92. The number of nitrogens with one attached hydrogen (secondary N) is 1. The zero-order chi connectivity index (χ0) is 10.4. The predicted molar refractivity (Wildman–Crippen MR) is 52.9 cm³/mol. The first-order valence-electron chi connectivity index (χ1n) is 4.70. The summed E-state index contributed by atoms with van der Waals surface area (Å²) in [5.41, 5.74) is 1.03. The van der Waals surface area contributed by atoms with Crippen molar-refractivity contribution >= 4 is 0 Å². The molecule has 0 aliphatic carbocycles. The molecule has 1 rings (SSSR count). The van der Waals surface area contributed by atoms with Gasteiger partial charge in [-0.25, -0.2) is 0 Å². The minimum absolute atomic E-state index is 0.198. The van der Waals surface area contributed by atoms with Gasteiger partial charge in [-0.2, -0.15) is 5.10 Å². The summed E-state index contributed by atoms with van der Waals surface area (Å²) in [5.74, 6) is 0. The van der Waals surface area contributed by atoms with E-state index in [-0.39, 0.29) is 6.61 Å². The van der Waals surface area contributed by atoms with Gasteiger partial charge in [0.25, 0.3) is 0 Å². The molecular weight excluding hydrogens is 182 g/mol. The molecule has 1 heterocycles. The Kier molecular flexibility index (Phi) is 4.58. The van der Waals surface area contributed by atoms with Crippen molar-refractivity contribution in [2.75, 3.05) is 19.7 Å². The molecule has 1 aromatic heterocycles. The summed E-state index contributed by atoms with van der Waals surface area (Å²) in [7, 11) is 1.88. The van der Waals surface area contributed by atoms with E-state index in [9.17, 15) is 0 Å². The van der Waals surface area contributed by atoms with E-state index in [4.69, 9.17) is 10.2 Å². The Labute approximate surface area is 83.4 Å². The third kappa shape index (κ3) is 3.87. The Morgan fingerprint density at radius 1 is 1.64 bits per heavy atom. The lowest BCUT2D eigenvalue weighted by atomic mass is 10.3. The van der Waals surface area contributed by atoms with Crippen LogP contribution in [0.3, 0.4) is 0 Å². The fourth-order valence-electron chi connectivity index (χ4n) is 1.15. The molecule has 1 aromatic rings. The Morgan fingerprint density at radius 2 is 2.43 bits per heavy atom. The molecule has 0 spiro atoms. The smallest absolute Gasteiger partial charge is 0.0894 e. The van der Waals surface area contributed by atoms with E-state index in [1.165, 1.54) is 0 Å². The first-order valence-corrected chi connectivity index (χ1v) is 4.70. The zero-order valence-corrected chi connectivity index (χ0v) is 8.35. The Balaban J connectivity index is 2.10. The van der Waals surface area contributed by atoms with Crippen LogP contribution in [0.2, 0.25) is 0 Å². The number of hydrogen-bond acceptors (Lipinski definition) is 4. The van der Waals surface area contributed by atoms with Gasteiger partial charge in [0.2, 0.25) is 0 Å². The summed E-state index contributed by atoms with van der Waals surface area (Å²) in [6, 6.07) is 1.96. The molecule has 5 nitrogen and oxygen atoms in total. The second-order valence-corrected chi connectivity index (χ2v) is 3.27. The van der Waals surface area contributed by atoms with Crippen LogP contribution in [0, 0.1) is 0 Å². The van der Waals surface area contributed by atoms with Crippen LogP contribution in [0.15, 0.2) is 12.3 Å². The molecule has 0 aliphatic heterocycles. The Morgan fingerprint density at radius 3 is 3.00 bits per heavy atom. The first-order chi connectivity index (χ1) is 6.72. The number of aryl methyl sites for hydroxylation is 1. The first kappa shape index (κ1) is 11.2. The maximum atomic E-state index is 9.03. The van der Waals surface area contributed by atoms with Gasteiger partial charge in [0.15, 0.2) is 0 Å². The van der Waals surface area contributed by atoms with Crippen LogP contribution in [0.4, 0.5) is 0 Å². The monoisotopic (exact) mass is 199 g/mol. The average Bonchev–Trinajstić information content (AvgIpc) is 2.58. The van der Waals surface area contributed by atoms with Gasteiger partial charge in [-0.3, -0.25) is 4.68 Å². The van der Waals surface area contributed by atoms with E-state index in [1.807, 2.05) is 19.3 Å². The van der Waals surface area contributed by atoms with Crippen LogP contribution < -0.4 is 5.32 Å². The van der Waals surface area contributed by atoms with E-state index in [0.717, 1.165) is 18.7 Å². The molecule has 5 heteroatoms. The molecule has 0 saturated carbocycles. The third-order valence-electron chi connectivity index (χ3n) is 1.92. The lowest BCUT2D eigenvalue weighted by molar-refractivity contribution is 0.0947. The molecule has 0 saturated heterocycles. The summed E-state index contributed by atoms with van der Waals surface area (Å²) < 4.78 is 1.76. The van der Waals surface area contributed by atoms with Crippen molar-refractivity contribution in [2.45, 2.75) is 12.5 Å². The van der Waals surface area contributed by atoms with Crippen LogP contribution >= 0.6 is 0 Å². The molecule has 14 heavy (non-hydrogen) atoms. The summed E-state index contributed by atoms with van der Waals surface area (Å²) in [5, 5.41) is 24.8. The topological polar surface area (TPSA) is 70.3 Å². The molecule has 0 aromatic carbocycles. The molecule has 0 bridgehead atoms. The average molecular weight is 199 g/mol. The van der Waals surface area contributed by atoms with E-state index in [0.29, 0.717) is 6.54 Å². The highest BCUT2D eigenvalue weighted by molar-refractivity contribution is 4.98. The van der Waals surface area contributed by atoms with Crippen molar-refractivity contribution in [3.63, 3.8) is 0 Å². The van der Waals surface area contributed by atoms with Gasteiger partial charge in [0.05, 0.1) is 18.4 Å². The van der Waals surface area contributed by atoms with Crippen LogP contribution in [-0.4, -0.2) is 45.8 Å². The number of nitrogens with zero attached hydrogens (tertiary/aromatic N) is 2. The van der Waals surface area contributed by atoms with E-state index in [2.05, 4.69) is 10.4 Å². The molecule has 80 valence electrons. The van der Waals surface area contributed by atoms with Gasteiger partial charge in [0.1, 0.15) is 0 Å². The van der Waals surface area contributed by atoms with Crippen molar-refractivity contribution in [2.24, 2.45) is 7.05 Å².